The van der Waals surface area contributed by atoms with E-state index in [4.69, 9.17) is 4.74 Å². The molecule has 0 aliphatic heterocycles. The Balaban J connectivity index is 2.66. The van der Waals surface area contributed by atoms with Gasteiger partial charge in [0.25, 0.3) is 5.91 Å². The van der Waals surface area contributed by atoms with Crippen molar-refractivity contribution in [2.45, 2.75) is 6.23 Å². The van der Waals surface area contributed by atoms with Crippen molar-refractivity contribution in [3.63, 3.8) is 0 Å². The van der Waals surface area contributed by atoms with Gasteiger partial charge in [-0.1, -0.05) is 18.2 Å². The van der Waals surface area contributed by atoms with Crippen LogP contribution in [0.5, 0.6) is 0 Å². The molecule has 0 aromatic heterocycles. The normalized spacial score (nSPS) is 11.6. The van der Waals surface area contributed by atoms with Gasteiger partial charge in [0.2, 0.25) is 6.23 Å². The van der Waals surface area contributed by atoms with Crippen LogP contribution in [0.3, 0.4) is 0 Å². The van der Waals surface area contributed by atoms with Gasteiger partial charge in [-0.3, -0.25) is 4.79 Å². The molecule has 86 valence electrons. The first-order valence-corrected chi connectivity index (χ1v) is 4.65. The SMILES string of the molecule is COC(=O)[C@H](NC(=O)c1ccccc1)OC. The van der Waals surface area contributed by atoms with E-state index in [0.29, 0.717) is 5.56 Å². The van der Waals surface area contributed by atoms with Gasteiger partial charge < -0.3 is 14.8 Å². The molecule has 0 heterocycles. The number of hydrogen-bond donors (Lipinski definition) is 1. The van der Waals surface area contributed by atoms with E-state index >= 15 is 0 Å². The highest BCUT2D eigenvalue weighted by atomic mass is 16.6. The lowest BCUT2D eigenvalue weighted by Crippen LogP contribution is -2.42. The molecule has 5 nitrogen and oxygen atoms in total. The number of benzene rings is 1. The first-order valence-electron chi connectivity index (χ1n) is 4.65. The summed E-state index contributed by atoms with van der Waals surface area (Å²) in [7, 11) is 2.54. The zero-order valence-electron chi connectivity index (χ0n) is 9.10. The van der Waals surface area contributed by atoms with Crippen molar-refractivity contribution in [2.75, 3.05) is 14.2 Å². The Hall–Kier alpha value is -1.88. The second kappa shape index (κ2) is 5.87. The molecular weight excluding hydrogens is 210 g/mol. The molecule has 1 aromatic carbocycles. The van der Waals surface area contributed by atoms with Gasteiger partial charge in [0, 0.05) is 12.7 Å². The van der Waals surface area contributed by atoms with E-state index < -0.39 is 18.1 Å². The lowest BCUT2D eigenvalue weighted by molar-refractivity contribution is -0.153. The zero-order valence-corrected chi connectivity index (χ0v) is 9.10. The topological polar surface area (TPSA) is 64.6 Å². The molecule has 0 bridgehead atoms. The largest absolute Gasteiger partial charge is 0.466 e. The van der Waals surface area contributed by atoms with Gasteiger partial charge >= 0.3 is 5.97 Å². The number of nitrogens with one attached hydrogen (secondary N) is 1. The van der Waals surface area contributed by atoms with Crippen molar-refractivity contribution in [2.24, 2.45) is 0 Å². The van der Waals surface area contributed by atoms with Crippen LogP contribution < -0.4 is 5.32 Å². The fraction of sp³-hybridized carbons (Fsp3) is 0.273. The average molecular weight is 223 g/mol. The quantitative estimate of drug-likeness (QED) is 0.598. The molecule has 5 heteroatoms. The Morgan fingerprint density at radius 3 is 2.31 bits per heavy atom. The van der Waals surface area contributed by atoms with Crippen LogP contribution in [-0.4, -0.2) is 32.3 Å². The third-order valence-electron chi connectivity index (χ3n) is 1.95. The lowest BCUT2D eigenvalue weighted by atomic mass is 10.2. The number of methoxy groups -OCH3 is 2. The second-order valence-corrected chi connectivity index (χ2v) is 2.98. The van der Waals surface area contributed by atoms with Crippen LogP contribution in [0.25, 0.3) is 0 Å². The van der Waals surface area contributed by atoms with E-state index in [1.807, 2.05) is 0 Å². The van der Waals surface area contributed by atoms with Crippen LogP contribution in [0.15, 0.2) is 30.3 Å². The summed E-state index contributed by atoms with van der Waals surface area (Å²) in [5.74, 6) is -1.04. The van der Waals surface area contributed by atoms with E-state index in [9.17, 15) is 9.59 Å². The lowest BCUT2D eigenvalue weighted by Gasteiger charge is -2.14. The molecule has 1 rings (SSSR count). The number of amides is 1. The molecule has 0 unspecified atom stereocenters. The Bertz CT molecular complexity index is 364. The standard InChI is InChI=1S/C11H13NO4/c1-15-10(11(14)16-2)12-9(13)8-6-4-3-5-7-8/h3-7,10H,1-2H3,(H,12,13)/t10-/m1/s1. The molecule has 0 fully saturated rings. The highest BCUT2D eigenvalue weighted by Gasteiger charge is 2.20. The molecule has 16 heavy (non-hydrogen) atoms. The predicted molar refractivity (Wildman–Crippen MR) is 56.7 cm³/mol. The first kappa shape index (κ1) is 12.2. The Labute approximate surface area is 93.4 Å². The average Bonchev–Trinajstić information content (AvgIpc) is 2.35. The van der Waals surface area contributed by atoms with Gasteiger partial charge in [-0.05, 0) is 12.1 Å². The number of hydrogen-bond acceptors (Lipinski definition) is 4. The maximum atomic E-state index is 11.6. The molecule has 1 atom stereocenters. The summed E-state index contributed by atoms with van der Waals surface area (Å²) >= 11 is 0. The zero-order chi connectivity index (χ0) is 12.0. The smallest absolute Gasteiger partial charge is 0.356 e. The molecule has 0 spiro atoms. The minimum absolute atomic E-state index is 0.391. The number of ether oxygens (including phenoxy) is 2. The second-order valence-electron chi connectivity index (χ2n) is 2.98. The predicted octanol–water partition coefficient (Wildman–Crippen LogP) is 0.562. The van der Waals surface area contributed by atoms with Crippen molar-refractivity contribution in [1.82, 2.24) is 5.32 Å². The van der Waals surface area contributed by atoms with Gasteiger partial charge in [-0.15, -0.1) is 0 Å². The summed E-state index contributed by atoms with van der Waals surface area (Å²) in [6, 6.07) is 8.54. The molecule has 0 radical (unpaired) electrons. The van der Waals surface area contributed by atoms with Crippen LogP contribution in [0.4, 0.5) is 0 Å². The molecule has 1 amide bonds. The van der Waals surface area contributed by atoms with Crippen molar-refractivity contribution in [3.8, 4) is 0 Å². The summed E-state index contributed by atoms with van der Waals surface area (Å²) in [6.07, 6.45) is -1.09. The summed E-state index contributed by atoms with van der Waals surface area (Å²) < 4.78 is 9.25. The Morgan fingerprint density at radius 2 is 1.81 bits per heavy atom. The third kappa shape index (κ3) is 3.06. The molecule has 1 N–H and O–H groups in total. The highest BCUT2D eigenvalue weighted by Crippen LogP contribution is 1.99. The molecule has 1 aromatic rings. The summed E-state index contributed by atoms with van der Waals surface area (Å²) in [6.45, 7) is 0. The van der Waals surface area contributed by atoms with Gasteiger partial charge in [0.1, 0.15) is 0 Å². The van der Waals surface area contributed by atoms with Gasteiger partial charge in [0.15, 0.2) is 0 Å². The van der Waals surface area contributed by atoms with Crippen LogP contribution >= 0.6 is 0 Å². The van der Waals surface area contributed by atoms with E-state index in [-0.39, 0.29) is 0 Å². The van der Waals surface area contributed by atoms with Gasteiger partial charge in [0.05, 0.1) is 7.11 Å². The Kier molecular flexibility index (Phi) is 4.47. The maximum Gasteiger partial charge on any atom is 0.356 e. The van der Waals surface area contributed by atoms with E-state index in [2.05, 4.69) is 10.1 Å². The highest BCUT2D eigenvalue weighted by molar-refractivity contribution is 5.96. The van der Waals surface area contributed by atoms with Crippen LogP contribution in [-0.2, 0) is 14.3 Å². The van der Waals surface area contributed by atoms with Crippen molar-refractivity contribution in [1.29, 1.82) is 0 Å². The fourth-order valence-electron chi connectivity index (χ4n) is 1.11. The van der Waals surface area contributed by atoms with Crippen LogP contribution in [0, 0.1) is 0 Å². The first-order chi connectivity index (χ1) is 7.69. The molecule has 0 saturated carbocycles. The molecule has 0 saturated heterocycles. The monoisotopic (exact) mass is 223 g/mol. The summed E-state index contributed by atoms with van der Waals surface area (Å²) in [4.78, 5) is 22.8. The number of carbonyl (C=O) groups is 2. The number of rotatable bonds is 4. The summed E-state index contributed by atoms with van der Waals surface area (Å²) in [5, 5.41) is 2.40. The fourth-order valence-corrected chi connectivity index (χ4v) is 1.11. The van der Waals surface area contributed by atoms with Gasteiger partial charge in [-0.2, -0.15) is 0 Å². The summed E-state index contributed by atoms with van der Waals surface area (Å²) in [5.41, 5.74) is 0.452. The van der Waals surface area contributed by atoms with Crippen molar-refractivity contribution < 1.29 is 19.1 Å². The number of esters is 1. The number of carbonyl (C=O) groups excluding carboxylic acids is 2. The molecule has 0 aliphatic rings. The minimum Gasteiger partial charge on any atom is -0.466 e. The van der Waals surface area contributed by atoms with Crippen LogP contribution in [0.1, 0.15) is 10.4 Å². The van der Waals surface area contributed by atoms with Crippen molar-refractivity contribution >= 4 is 11.9 Å². The molecular formula is C11H13NO4. The Morgan fingerprint density at radius 1 is 1.19 bits per heavy atom. The van der Waals surface area contributed by atoms with Crippen molar-refractivity contribution in [3.05, 3.63) is 35.9 Å². The van der Waals surface area contributed by atoms with Gasteiger partial charge in [-0.25, -0.2) is 4.79 Å². The van der Waals surface area contributed by atoms with Crippen LogP contribution in [0.2, 0.25) is 0 Å². The van der Waals surface area contributed by atoms with E-state index in [0.717, 1.165) is 0 Å². The minimum atomic E-state index is -1.09. The molecule has 0 aliphatic carbocycles. The third-order valence-corrected chi connectivity index (χ3v) is 1.95. The van der Waals surface area contributed by atoms with E-state index in [1.165, 1.54) is 14.2 Å². The van der Waals surface area contributed by atoms with E-state index in [1.54, 1.807) is 30.3 Å². The maximum absolute atomic E-state index is 11.6.